The summed E-state index contributed by atoms with van der Waals surface area (Å²) in [5.74, 6) is -0.361. The zero-order valence-corrected chi connectivity index (χ0v) is 15.1. The van der Waals surface area contributed by atoms with Crippen LogP contribution in [-0.2, 0) is 14.4 Å². The first-order chi connectivity index (χ1) is 11.6. The molecular weight excluding hydrogens is 417 g/mol. The molecular formula is C19H16INO3. The molecule has 2 aliphatic heterocycles. The molecule has 3 aliphatic rings. The lowest BCUT2D eigenvalue weighted by Gasteiger charge is -2.51. The highest BCUT2D eigenvalue weighted by atomic mass is 127. The topological polar surface area (TPSA) is 54.5 Å². The first kappa shape index (κ1) is 15.7. The molecule has 0 radical (unpaired) electrons. The van der Waals surface area contributed by atoms with E-state index in [1.165, 1.54) is 0 Å². The van der Waals surface area contributed by atoms with E-state index in [1.807, 2.05) is 41.3 Å². The van der Waals surface area contributed by atoms with Crippen molar-refractivity contribution >= 4 is 46.1 Å². The van der Waals surface area contributed by atoms with Gasteiger partial charge in [-0.25, -0.2) is 0 Å². The molecule has 0 bridgehead atoms. The van der Waals surface area contributed by atoms with E-state index in [2.05, 4.69) is 22.6 Å². The Labute approximate surface area is 153 Å². The molecule has 1 aromatic carbocycles. The Bertz CT molecular complexity index is 798. The van der Waals surface area contributed by atoms with Gasteiger partial charge in [-0.3, -0.25) is 9.59 Å². The highest BCUT2D eigenvalue weighted by Gasteiger charge is 2.59. The number of amides is 1. The van der Waals surface area contributed by atoms with Crippen molar-refractivity contribution in [2.45, 2.75) is 18.4 Å². The van der Waals surface area contributed by atoms with E-state index >= 15 is 0 Å². The molecule has 0 aromatic heterocycles. The fraction of sp³-hybridized carbons (Fsp3) is 0.316. The third-order valence-corrected chi connectivity index (χ3v) is 6.45. The Kier molecular flexibility index (Phi) is 3.71. The standard InChI is InChI=1S/C19H16INO3/c20-17-16(12-4-2-1-3-5-12)19-8-6-14(23)10-15(19)13(11-22)7-9-21(19)18(17)24/h1-6,8,11,13,15H,7,9-10H2. The zero-order chi connectivity index (χ0) is 16.9. The van der Waals surface area contributed by atoms with E-state index in [4.69, 9.17) is 0 Å². The summed E-state index contributed by atoms with van der Waals surface area (Å²) in [6.07, 6.45) is 5.35. The van der Waals surface area contributed by atoms with Crippen molar-refractivity contribution in [1.82, 2.24) is 4.90 Å². The van der Waals surface area contributed by atoms with Crippen LogP contribution in [0.3, 0.4) is 0 Å². The smallest absolute Gasteiger partial charge is 0.261 e. The molecule has 24 heavy (non-hydrogen) atoms. The predicted octanol–water partition coefficient (Wildman–Crippen LogP) is 2.78. The normalized spacial score (nSPS) is 32.0. The minimum absolute atomic E-state index is 0.00259. The summed E-state index contributed by atoms with van der Waals surface area (Å²) < 4.78 is 0.689. The number of benzene rings is 1. The number of rotatable bonds is 2. The number of hydrogen-bond acceptors (Lipinski definition) is 3. The van der Waals surface area contributed by atoms with Crippen LogP contribution in [0, 0.1) is 11.8 Å². The quantitative estimate of drug-likeness (QED) is 0.533. The number of ketones is 1. The number of nitrogens with zero attached hydrogens (tertiary/aromatic N) is 1. The number of piperidine rings is 1. The lowest BCUT2D eigenvalue weighted by Crippen LogP contribution is -2.60. The summed E-state index contributed by atoms with van der Waals surface area (Å²) in [5.41, 5.74) is 1.24. The molecule has 3 unspecified atom stereocenters. The monoisotopic (exact) mass is 433 g/mol. The summed E-state index contributed by atoms with van der Waals surface area (Å²) in [5, 5.41) is 0. The Morgan fingerprint density at radius 3 is 2.67 bits per heavy atom. The van der Waals surface area contributed by atoms with Gasteiger partial charge in [0.15, 0.2) is 5.78 Å². The third-order valence-electron chi connectivity index (χ3n) is 5.45. The summed E-state index contributed by atoms with van der Waals surface area (Å²) in [6, 6.07) is 9.82. The largest absolute Gasteiger partial charge is 0.325 e. The number of allylic oxidation sites excluding steroid dienone is 1. The predicted molar refractivity (Wildman–Crippen MR) is 98.3 cm³/mol. The Morgan fingerprint density at radius 2 is 1.96 bits per heavy atom. The molecule has 3 atom stereocenters. The number of carbonyl (C=O) groups is 3. The van der Waals surface area contributed by atoms with Crippen molar-refractivity contribution in [3.05, 3.63) is 51.6 Å². The molecule has 1 aliphatic carbocycles. The second kappa shape index (κ2) is 5.65. The second-order valence-corrected chi connectivity index (χ2v) is 7.61. The van der Waals surface area contributed by atoms with Gasteiger partial charge in [0.25, 0.3) is 5.91 Å². The van der Waals surface area contributed by atoms with E-state index in [-0.39, 0.29) is 23.5 Å². The minimum atomic E-state index is -0.674. The van der Waals surface area contributed by atoms with Crippen LogP contribution in [0.2, 0.25) is 0 Å². The van der Waals surface area contributed by atoms with E-state index in [9.17, 15) is 14.4 Å². The zero-order valence-electron chi connectivity index (χ0n) is 12.9. The van der Waals surface area contributed by atoms with Gasteiger partial charge in [0.1, 0.15) is 6.29 Å². The maximum atomic E-state index is 12.9. The number of carbonyl (C=O) groups excluding carboxylic acids is 3. The average molecular weight is 433 g/mol. The van der Waals surface area contributed by atoms with Crippen LogP contribution < -0.4 is 0 Å². The molecule has 4 nitrogen and oxygen atoms in total. The third kappa shape index (κ3) is 2.00. The summed E-state index contributed by atoms with van der Waals surface area (Å²) in [4.78, 5) is 38.5. The molecule has 1 amide bonds. The van der Waals surface area contributed by atoms with Crippen LogP contribution in [0.15, 0.2) is 46.1 Å². The van der Waals surface area contributed by atoms with E-state index < -0.39 is 5.54 Å². The molecule has 1 saturated heterocycles. The summed E-state index contributed by atoms with van der Waals surface area (Å²) in [6.45, 7) is 0.542. The van der Waals surface area contributed by atoms with Gasteiger partial charge in [0.05, 0.1) is 9.12 Å². The first-order valence-electron chi connectivity index (χ1n) is 8.04. The van der Waals surface area contributed by atoms with Crippen molar-refractivity contribution in [2.75, 3.05) is 6.54 Å². The van der Waals surface area contributed by atoms with Crippen LogP contribution in [0.1, 0.15) is 18.4 Å². The van der Waals surface area contributed by atoms with Gasteiger partial charge in [-0.15, -0.1) is 0 Å². The van der Waals surface area contributed by atoms with Crippen molar-refractivity contribution in [3.8, 4) is 0 Å². The molecule has 0 saturated carbocycles. The molecule has 1 spiro atoms. The van der Waals surface area contributed by atoms with E-state index in [0.717, 1.165) is 17.4 Å². The molecule has 4 rings (SSSR count). The lowest BCUT2D eigenvalue weighted by atomic mass is 9.63. The summed E-state index contributed by atoms with van der Waals surface area (Å²) in [7, 11) is 0. The van der Waals surface area contributed by atoms with Crippen LogP contribution in [0.4, 0.5) is 0 Å². The van der Waals surface area contributed by atoms with Crippen LogP contribution >= 0.6 is 22.6 Å². The van der Waals surface area contributed by atoms with Gasteiger partial charge in [-0.05, 0) is 40.7 Å². The Balaban J connectivity index is 1.98. The van der Waals surface area contributed by atoms with Gasteiger partial charge in [-0.1, -0.05) is 36.4 Å². The average Bonchev–Trinajstić information content (AvgIpc) is 2.82. The SMILES string of the molecule is O=CC1CCN2C(=O)C(I)=C(c3ccccc3)C23C=CC(=O)CC13. The highest BCUT2D eigenvalue weighted by Crippen LogP contribution is 2.55. The van der Waals surface area contributed by atoms with Crippen LogP contribution in [-0.4, -0.2) is 35.0 Å². The Hall–Kier alpha value is -1.76. The molecule has 122 valence electrons. The van der Waals surface area contributed by atoms with Crippen LogP contribution in [0.25, 0.3) is 5.57 Å². The number of aldehydes is 1. The maximum Gasteiger partial charge on any atom is 0.261 e. The highest BCUT2D eigenvalue weighted by molar-refractivity contribution is 14.1. The van der Waals surface area contributed by atoms with E-state index in [1.54, 1.807) is 6.08 Å². The summed E-state index contributed by atoms with van der Waals surface area (Å²) >= 11 is 2.12. The van der Waals surface area contributed by atoms with Gasteiger partial charge in [0, 0.05) is 30.4 Å². The molecule has 5 heteroatoms. The fourth-order valence-electron chi connectivity index (χ4n) is 4.42. The Morgan fingerprint density at radius 1 is 1.21 bits per heavy atom. The van der Waals surface area contributed by atoms with Gasteiger partial charge < -0.3 is 9.69 Å². The molecule has 1 fully saturated rings. The maximum absolute atomic E-state index is 12.9. The molecule has 0 N–H and O–H groups in total. The van der Waals surface area contributed by atoms with Gasteiger partial charge in [-0.2, -0.15) is 0 Å². The number of halogens is 1. The molecule has 1 aromatic rings. The van der Waals surface area contributed by atoms with Crippen molar-refractivity contribution < 1.29 is 14.4 Å². The molecule has 2 heterocycles. The van der Waals surface area contributed by atoms with E-state index in [0.29, 0.717) is 23.0 Å². The van der Waals surface area contributed by atoms with Crippen molar-refractivity contribution in [1.29, 1.82) is 0 Å². The first-order valence-corrected chi connectivity index (χ1v) is 9.12. The van der Waals surface area contributed by atoms with Gasteiger partial charge in [0.2, 0.25) is 0 Å². The second-order valence-electron chi connectivity index (χ2n) is 6.54. The van der Waals surface area contributed by atoms with Crippen LogP contribution in [0.5, 0.6) is 0 Å². The fourth-order valence-corrected chi connectivity index (χ4v) is 5.45. The van der Waals surface area contributed by atoms with Crippen molar-refractivity contribution in [2.24, 2.45) is 11.8 Å². The van der Waals surface area contributed by atoms with Crippen molar-refractivity contribution in [3.63, 3.8) is 0 Å². The number of hydrogen-bond donors (Lipinski definition) is 0. The minimum Gasteiger partial charge on any atom is -0.325 e. The van der Waals surface area contributed by atoms with Gasteiger partial charge >= 0.3 is 0 Å². The lowest BCUT2D eigenvalue weighted by molar-refractivity contribution is -0.136.